The quantitative estimate of drug-likeness (QED) is 0.487. The molecule has 0 bridgehead atoms. The van der Waals surface area contributed by atoms with Crippen molar-refractivity contribution in [1.29, 1.82) is 0 Å². The van der Waals surface area contributed by atoms with Gasteiger partial charge in [-0.2, -0.15) is 0 Å². The van der Waals surface area contributed by atoms with Crippen LogP contribution in [0.15, 0.2) is 70.2 Å². The monoisotopic (exact) mass is 357 g/mol. The number of aromatic nitrogens is 1. The predicted octanol–water partition coefficient (Wildman–Crippen LogP) is 4.97. The van der Waals surface area contributed by atoms with Crippen LogP contribution in [0.4, 0.5) is 0 Å². The largest absolute Gasteiger partial charge is 0.293 e. The highest BCUT2D eigenvalue weighted by molar-refractivity contribution is 9.10. The molecule has 0 N–H and O–H groups in total. The van der Waals surface area contributed by atoms with Crippen LogP contribution >= 0.6 is 27.7 Å². The number of halogens is 1. The van der Waals surface area contributed by atoms with Crippen LogP contribution in [0.1, 0.15) is 10.4 Å². The van der Waals surface area contributed by atoms with Gasteiger partial charge in [-0.05, 0) is 52.3 Å². The fourth-order valence-electron chi connectivity index (χ4n) is 2.04. The molecule has 0 aliphatic rings. The number of Topliss-reactive ketones (excluding diaryl/α,β-unsaturated/α-hetero) is 1. The molecule has 4 heteroatoms. The molecule has 1 aromatic heterocycles. The number of rotatable bonds is 4. The van der Waals surface area contributed by atoms with E-state index in [0.29, 0.717) is 5.75 Å². The van der Waals surface area contributed by atoms with Gasteiger partial charge in [-0.25, -0.2) is 0 Å². The molecule has 0 radical (unpaired) electrons. The third-order valence-electron chi connectivity index (χ3n) is 3.12. The molecular weight excluding hydrogens is 346 g/mol. The number of nitrogens with zero attached hydrogens (tertiary/aromatic N) is 1. The molecule has 2 nitrogen and oxygen atoms in total. The van der Waals surface area contributed by atoms with Crippen LogP contribution in [-0.2, 0) is 0 Å². The first-order chi connectivity index (χ1) is 10.2. The SMILES string of the molecule is O=C(CSc1ccccc1Br)c1ccc2ncccc2c1. The van der Waals surface area contributed by atoms with Crippen LogP contribution < -0.4 is 0 Å². The van der Waals surface area contributed by atoms with E-state index in [0.717, 1.165) is 25.8 Å². The Labute approximate surface area is 135 Å². The number of pyridine rings is 1. The zero-order valence-corrected chi connectivity index (χ0v) is 13.5. The van der Waals surface area contributed by atoms with E-state index >= 15 is 0 Å². The van der Waals surface area contributed by atoms with Crippen LogP contribution in [-0.4, -0.2) is 16.5 Å². The Balaban J connectivity index is 1.76. The second-order valence-corrected chi connectivity index (χ2v) is 6.42. The van der Waals surface area contributed by atoms with E-state index in [9.17, 15) is 4.79 Å². The molecule has 3 rings (SSSR count). The number of benzene rings is 2. The number of carbonyl (C=O) groups is 1. The van der Waals surface area contributed by atoms with Gasteiger partial charge < -0.3 is 0 Å². The first-order valence-corrected chi connectivity index (χ1v) is 8.27. The summed E-state index contributed by atoms with van der Waals surface area (Å²) >= 11 is 5.04. The Kier molecular flexibility index (Phi) is 4.36. The number of hydrogen-bond acceptors (Lipinski definition) is 3. The topological polar surface area (TPSA) is 30.0 Å². The molecular formula is C17H12BrNOS. The van der Waals surface area contributed by atoms with Gasteiger partial charge in [-0.3, -0.25) is 9.78 Å². The van der Waals surface area contributed by atoms with Crippen molar-refractivity contribution in [2.75, 3.05) is 5.75 Å². The average Bonchev–Trinajstić information content (AvgIpc) is 2.53. The number of hydrogen-bond donors (Lipinski definition) is 0. The Hall–Kier alpha value is -1.65. The molecule has 0 fully saturated rings. The fourth-order valence-corrected chi connectivity index (χ4v) is 3.50. The third-order valence-corrected chi connectivity index (χ3v) is 5.15. The number of carbonyl (C=O) groups excluding carboxylic acids is 1. The van der Waals surface area contributed by atoms with E-state index in [2.05, 4.69) is 20.9 Å². The fraction of sp³-hybridized carbons (Fsp3) is 0.0588. The van der Waals surface area contributed by atoms with Gasteiger partial charge >= 0.3 is 0 Å². The van der Waals surface area contributed by atoms with Gasteiger partial charge in [0.05, 0.1) is 11.3 Å². The van der Waals surface area contributed by atoms with Crippen LogP contribution in [0, 0.1) is 0 Å². The maximum atomic E-state index is 12.3. The van der Waals surface area contributed by atoms with E-state index in [1.807, 2.05) is 54.6 Å². The number of ketones is 1. The second-order valence-electron chi connectivity index (χ2n) is 4.55. The van der Waals surface area contributed by atoms with Gasteiger partial charge in [0, 0.05) is 26.5 Å². The summed E-state index contributed by atoms with van der Waals surface area (Å²) in [4.78, 5) is 17.7. The first-order valence-electron chi connectivity index (χ1n) is 6.49. The Morgan fingerprint density at radius 2 is 1.95 bits per heavy atom. The van der Waals surface area contributed by atoms with Crippen molar-refractivity contribution >= 4 is 44.4 Å². The van der Waals surface area contributed by atoms with Gasteiger partial charge in [-0.1, -0.05) is 18.2 Å². The zero-order valence-electron chi connectivity index (χ0n) is 11.1. The summed E-state index contributed by atoms with van der Waals surface area (Å²) in [5, 5.41) is 0.995. The van der Waals surface area contributed by atoms with E-state index in [4.69, 9.17) is 0 Å². The summed E-state index contributed by atoms with van der Waals surface area (Å²) in [5.74, 6) is 0.551. The Morgan fingerprint density at radius 3 is 2.81 bits per heavy atom. The van der Waals surface area contributed by atoms with Gasteiger partial charge in [0.15, 0.2) is 5.78 Å². The maximum Gasteiger partial charge on any atom is 0.173 e. The summed E-state index contributed by atoms with van der Waals surface area (Å²) in [5.41, 5.74) is 1.64. The number of fused-ring (bicyclic) bond motifs is 1. The van der Waals surface area contributed by atoms with Crippen LogP contribution in [0.5, 0.6) is 0 Å². The second kappa shape index (κ2) is 6.41. The van der Waals surface area contributed by atoms with Gasteiger partial charge in [-0.15, -0.1) is 11.8 Å². The average molecular weight is 358 g/mol. The molecule has 104 valence electrons. The van der Waals surface area contributed by atoms with Crippen molar-refractivity contribution in [2.45, 2.75) is 4.90 Å². The zero-order chi connectivity index (χ0) is 14.7. The minimum atomic E-state index is 0.126. The Morgan fingerprint density at radius 1 is 1.10 bits per heavy atom. The lowest BCUT2D eigenvalue weighted by atomic mass is 10.1. The van der Waals surface area contributed by atoms with Crippen LogP contribution in [0.3, 0.4) is 0 Å². The van der Waals surface area contributed by atoms with Gasteiger partial charge in [0.1, 0.15) is 0 Å². The smallest absolute Gasteiger partial charge is 0.173 e. The summed E-state index contributed by atoms with van der Waals surface area (Å²) < 4.78 is 1.02. The van der Waals surface area contributed by atoms with E-state index in [-0.39, 0.29) is 5.78 Å². The minimum absolute atomic E-state index is 0.126. The van der Waals surface area contributed by atoms with E-state index in [1.165, 1.54) is 0 Å². The molecule has 1 heterocycles. The maximum absolute atomic E-state index is 12.3. The lowest BCUT2D eigenvalue weighted by molar-refractivity contribution is 0.102. The molecule has 0 atom stereocenters. The van der Waals surface area contributed by atoms with Gasteiger partial charge in [0.2, 0.25) is 0 Å². The normalized spacial score (nSPS) is 10.7. The molecule has 21 heavy (non-hydrogen) atoms. The van der Waals surface area contributed by atoms with Crippen molar-refractivity contribution in [2.24, 2.45) is 0 Å². The van der Waals surface area contributed by atoms with Crippen molar-refractivity contribution in [3.05, 3.63) is 70.8 Å². The predicted molar refractivity (Wildman–Crippen MR) is 90.9 cm³/mol. The summed E-state index contributed by atoms with van der Waals surface area (Å²) in [7, 11) is 0. The molecule has 0 spiro atoms. The molecule has 0 aliphatic heterocycles. The summed E-state index contributed by atoms with van der Waals surface area (Å²) in [6.45, 7) is 0. The lowest BCUT2D eigenvalue weighted by Crippen LogP contribution is -2.02. The van der Waals surface area contributed by atoms with Crippen molar-refractivity contribution < 1.29 is 4.79 Å². The Bertz CT molecular complexity index is 803. The standard InChI is InChI=1S/C17H12BrNOS/c18-14-5-1-2-6-17(14)21-11-16(20)13-7-8-15-12(10-13)4-3-9-19-15/h1-10H,11H2. The third kappa shape index (κ3) is 3.34. The molecule has 0 aliphatic carbocycles. The van der Waals surface area contributed by atoms with Crippen molar-refractivity contribution in [1.82, 2.24) is 4.98 Å². The van der Waals surface area contributed by atoms with Crippen molar-refractivity contribution in [3.8, 4) is 0 Å². The molecule has 0 amide bonds. The van der Waals surface area contributed by atoms with Crippen molar-refractivity contribution in [3.63, 3.8) is 0 Å². The molecule has 0 saturated carbocycles. The molecule has 2 aromatic carbocycles. The first kappa shape index (κ1) is 14.3. The highest BCUT2D eigenvalue weighted by atomic mass is 79.9. The highest BCUT2D eigenvalue weighted by Gasteiger charge is 2.09. The summed E-state index contributed by atoms with van der Waals surface area (Å²) in [6.07, 6.45) is 1.76. The lowest BCUT2D eigenvalue weighted by Gasteiger charge is -2.05. The molecule has 0 saturated heterocycles. The van der Waals surface area contributed by atoms with Gasteiger partial charge in [0.25, 0.3) is 0 Å². The van der Waals surface area contributed by atoms with E-state index in [1.54, 1.807) is 18.0 Å². The summed E-state index contributed by atoms with van der Waals surface area (Å²) in [6, 6.07) is 17.4. The minimum Gasteiger partial charge on any atom is -0.293 e. The highest BCUT2D eigenvalue weighted by Crippen LogP contribution is 2.27. The van der Waals surface area contributed by atoms with Crippen LogP contribution in [0.2, 0.25) is 0 Å². The number of thioether (sulfide) groups is 1. The molecule has 3 aromatic rings. The molecule has 0 unspecified atom stereocenters. The van der Waals surface area contributed by atoms with E-state index < -0.39 is 0 Å². The van der Waals surface area contributed by atoms with Crippen LogP contribution in [0.25, 0.3) is 10.9 Å².